The van der Waals surface area contributed by atoms with E-state index in [0.29, 0.717) is 25.9 Å². The van der Waals surface area contributed by atoms with Crippen LogP contribution in [0.25, 0.3) is 0 Å². The minimum atomic E-state index is -0.668. The van der Waals surface area contributed by atoms with Gasteiger partial charge in [-0.15, -0.1) is 0 Å². The molecule has 0 aromatic heterocycles. The standard InChI is InChI=1S/C73H143NO5/c1-3-5-7-9-11-13-15-17-18-19-20-21-22-23-26-29-32-35-38-42-45-49-53-57-61-65-71(76)70(69-75)74-72(77)66-62-58-54-50-46-43-39-36-33-30-27-24-25-28-31-34-37-40-44-48-52-56-60-64-68-79-73(78)67-63-59-55-51-47-41-16-14-12-10-8-6-4-2/h27,30,70-71,75-76H,3-26,28-29,31-69H2,1-2H3,(H,74,77)/b30-27-. The van der Waals surface area contributed by atoms with E-state index in [9.17, 15) is 19.8 Å². The number of carbonyl (C=O) groups excluding carboxylic acids is 2. The highest BCUT2D eigenvalue weighted by Gasteiger charge is 2.20. The topological polar surface area (TPSA) is 95.9 Å². The third-order valence-electron chi connectivity index (χ3n) is 17.3. The van der Waals surface area contributed by atoms with Gasteiger partial charge in [0.2, 0.25) is 5.91 Å². The summed E-state index contributed by atoms with van der Waals surface area (Å²) < 4.78 is 5.49. The second kappa shape index (κ2) is 69.1. The van der Waals surface area contributed by atoms with Gasteiger partial charge in [0.25, 0.3) is 0 Å². The van der Waals surface area contributed by atoms with Crippen LogP contribution in [0.1, 0.15) is 418 Å². The lowest BCUT2D eigenvalue weighted by Gasteiger charge is -2.22. The normalized spacial score (nSPS) is 12.5. The number of amides is 1. The Morgan fingerprint density at radius 1 is 0.342 bits per heavy atom. The molecule has 2 atom stereocenters. The Labute approximate surface area is 495 Å². The van der Waals surface area contributed by atoms with Crippen molar-refractivity contribution < 1.29 is 24.5 Å². The van der Waals surface area contributed by atoms with Crippen molar-refractivity contribution in [1.82, 2.24) is 5.32 Å². The summed E-state index contributed by atoms with van der Waals surface area (Å²) in [4.78, 5) is 24.6. The Hall–Kier alpha value is -1.40. The number of aliphatic hydroxyl groups excluding tert-OH is 2. The number of nitrogens with one attached hydrogen (secondary N) is 1. The van der Waals surface area contributed by atoms with Gasteiger partial charge in [-0.25, -0.2) is 0 Å². The van der Waals surface area contributed by atoms with Crippen molar-refractivity contribution in [3.8, 4) is 0 Å². The molecular weight excluding hydrogens is 971 g/mol. The summed E-state index contributed by atoms with van der Waals surface area (Å²) in [6.07, 6.45) is 85.5. The molecular formula is C73H143NO5. The van der Waals surface area contributed by atoms with Crippen LogP contribution < -0.4 is 5.32 Å². The Balaban J connectivity index is 3.39. The van der Waals surface area contributed by atoms with Gasteiger partial charge in [-0.2, -0.15) is 0 Å². The number of aliphatic hydroxyl groups is 2. The first-order chi connectivity index (χ1) is 39.0. The van der Waals surface area contributed by atoms with Crippen LogP contribution in [0.5, 0.6) is 0 Å². The van der Waals surface area contributed by atoms with Crippen LogP contribution in [0.4, 0.5) is 0 Å². The monoisotopic (exact) mass is 1110 g/mol. The van der Waals surface area contributed by atoms with Gasteiger partial charge in [0.05, 0.1) is 25.4 Å². The number of allylic oxidation sites excluding steroid dienone is 2. The molecule has 6 nitrogen and oxygen atoms in total. The molecule has 6 heteroatoms. The number of hydrogen-bond acceptors (Lipinski definition) is 5. The summed E-state index contributed by atoms with van der Waals surface area (Å²) in [7, 11) is 0. The van der Waals surface area contributed by atoms with Gasteiger partial charge >= 0.3 is 5.97 Å². The fraction of sp³-hybridized carbons (Fsp3) is 0.945. The van der Waals surface area contributed by atoms with E-state index in [2.05, 4.69) is 31.3 Å². The van der Waals surface area contributed by atoms with E-state index in [0.717, 1.165) is 38.5 Å². The molecule has 0 aliphatic heterocycles. The molecule has 3 N–H and O–H groups in total. The quantitative estimate of drug-likeness (QED) is 0.0320. The van der Waals surface area contributed by atoms with E-state index < -0.39 is 12.1 Å². The third-order valence-corrected chi connectivity index (χ3v) is 17.3. The molecule has 0 aliphatic rings. The molecule has 0 fully saturated rings. The van der Waals surface area contributed by atoms with Gasteiger partial charge in [0.15, 0.2) is 0 Å². The van der Waals surface area contributed by atoms with E-state index in [4.69, 9.17) is 4.74 Å². The minimum Gasteiger partial charge on any atom is -0.466 e. The third kappa shape index (κ3) is 65.6. The van der Waals surface area contributed by atoms with E-state index in [1.807, 2.05) is 0 Å². The average Bonchev–Trinajstić information content (AvgIpc) is 3.45. The predicted octanol–water partition coefficient (Wildman–Crippen LogP) is 23.5. The molecule has 0 heterocycles. The molecule has 0 rings (SSSR count). The number of hydrogen-bond donors (Lipinski definition) is 3. The lowest BCUT2D eigenvalue weighted by Crippen LogP contribution is -2.45. The molecule has 0 bridgehead atoms. The van der Waals surface area contributed by atoms with Gasteiger partial charge in [-0.05, 0) is 51.4 Å². The maximum atomic E-state index is 12.6. The number of ether oxygens (including phenoxy) is 1. The van der Waals surface area contributed by atoms with Crippen LogP contribution in [0.15, 0.2) is 12.2 Å². The van der Waals surface area contributed by atoms with Crippen LogP contribution in [0.3, 0.4) is 0 Å². The van der Waals surface area contributed by atoms with Crippen LogP contribution >= 0.6 is 0 Å². The summed E-state index contributed by atoms with van der Waals surface area (Å²) in [6, 6.07) is -0.546. The van der Waals surface area contributed by atoms with Crippen molar-refractivity contribution in [3.63, 3.8) is 0 Å². The van der Waals surface area contributed by atoms with Gasteiger partial charge < -0.3 is 20.3 Å². The Bertz CT molecular complexity index is 1190. The summed E-state index contributed by atoms with van der Waals surface area (Å²) >= 11 is 0. The van der Waals surface area contributed by atoms with Crippen molar-refractivity contribution in [2.75, 3.05) is 13.2 Å². The zero-order valence-electron chi connectivity index (χ0n) is 53.9. The van der Waals surface area contributed by atoms with Crippen LogP contribution in [0, 0.1) is 0 Å². The summed E-state index contributed by atoms with van der Waals surface area (Å²) in [5.41, 5.74) is 0. The van der Waals surface area contributed by atoms with Crippen molar-refractivity contribution in [1.29, 1.82) is 0 Å². The number of esters is 1. The van der Waals surface area contributed by atoms with Crippen molar-refractivity contribution in [2.24, 2.45) is 0 Å². The zero-order valence-corrected chi connectivity index (χ0v) is 53.9. The Kier molecular flexibility index (Phi) is 67.9. The zero-order chi connectivity index (χ0) is 57.1. The van der Waals surface area contributed by atoms with E-state index in [-0.39, 0.29) is 18.5 Å². The minimum absolute atomic E-state index is 0.0153. The highest BCUT2D eigenvalue weighted by Crippen LogP contribution is 2.19. The van der Waals surface area contributed by atoms with Crippen molar-refractivity contribution in [3.05, 3.63) is 12.2 Å². The van der Waals surface area contributed by atoms with Gasteiger partial charge in [-0.3, -0.25) is 9.59 Å². The van der Waals surface area contributed by atoms with Gasteiger partial charge in [-0.1, -0.05) is 366 Å². The predicted molar refractivity (Wildman–Crippen MR) is 347 cm³/mol. The van der Waals surface area contributed by atoms with Crippen LogP contribution in [0.2, 0.25) is 0 Å². The molecule has 0 aliphatic carbocycles. The molecule has 0 aromatic carbocycles. The largest absolute Gasteiger partial charge is 0.466 e. The van der Waals surface area contributed by atoms with Crippen LogP contribution in [-0.2, 0) is 14.3 Å². The first-order valence-electron chi connectivity index (χ1n) is 36.4. The highest BCUT2D eigenvalue weighted by molar-refractivity contribution is 5.76. The van der Waals surface area contributed by atoms with Gasteiger partial charge in [0.1, 0.15) is 0 Å². The molecule has 0 spiro atoms. The van der Waals surface area contributed by atoms with Crippen LogP contribution in [-0.4, -0.2) is 47.4 Å². The van der Waals surface area contributed by atoms with Crippen molar-refractivity contribution >= 4 is 11.9 Å². The van der Waals surface area contributed by atoms with Gasteiger partial charge in [0, 0.05) is 12.8 Å². The van der Waals surface area contributed by atoms with E-state index >= 15 is 0 Å². The fourth-order valence-corrected chi connectivity index (χ4v) is 11.8. The lowest BCUT2D eigenvalue weighted by molar-refractivity contribution is -0.143. The maximum Gasteiger partial charge on any atom is 0.305 e. The second-order valence-electron chi connectivity index (χ2n) is 25.3. The fourth-order valence-electron chi connectivity index (χ4n) is 11.8. The molecule has 0 saturated carbocycles. The Morgan fingerprint density at radius 3 is 0.899 bits per heavy atom. The van der Waals surface area contributed by atoms with E-state index in [1.54, 1.807) is 0 Å². The van der Waals surface area contributed by atoms with Crippen molar-refractivity contribution in [2.45, 2.75) is 431 Å². The number of unbranched alkanes of at least 4 members (excludes halogenated alkanes) is 56. The number of carbonyl (C=O) groups is 2. The molecule has 0 radical (unpaired) electrons. The number of rotatable bonds is 69. The second-order valence-corrected chi connectivity index (χ2v) is 25.3. The maximum absolute atomic E-state index is 12.6. The molecule has 1 amide bonds. The molecule has 0 aromatic rings. The van der Waals surface area contributed by atoms with E-state index in [1.165, 1.54) is 347 Å². The summed E-state index contributed by atoms with van der Waals surface area (Å²) in [5.74, 6) is -0.0186. The average molecular weight is 1110 g/mol. The smallest absolute Gasteiger partial charge is 0.305 e. The summed E-state index contributed by atoms with van der Waals surface area (Å²) in [6.45, 7) is 5.00. The molecule has 2 unspecified atom stereocenters. The highest BCUT2D eigenvalue weighted by atomic mass is 16.5. The Morgan fingerprint density at radius 2 is 0.595 bits per heavy atom. The molecule has 79 heavy (non-hydrogen) atoms. The lowest BCUT2D eigenvalue weighted by atomic mass is 10.0. The molecule has 470 valence electrons. The summed E-state index contributed by atoms with van der Waals surface area (Å²) in [5, 5.41) is 23.5. The first kappa shape index (κ1) is 77.6. The molecule has 0 saturated heterocycles. The first-order valence-corrected chi connectivity index (χ1v) is 36.4. The SMILES string of the molecule is CCCCCCCCCCCCCCCCCCCCCCCCCCCC(O)C(CO)NC(=O)CCCCCCCCCC/C=C\CCCCCCCCCCCCCCOC(=O)CCCCCCCCCCCCCCC.